The molecule has 3 aliphatic rings. The van der Waals surface area contributed by atoms with Crippen LogP contribution in [0, 0.1) is 5.82 Å². The molecular weight excluding hydrogens is 488 g/mol. The lowest BCUT2D eigenvalue weighted by atomic mass is 9.99. The summed E-state index contributed by atoms with van der Waals surface area (Å²) in [4.78, 5) is 24.7. The summed E-state index contributed by atoms with van der Waals surface area (Å²) >= 11 is 0. The first kappa shape index (κ1) is 23.7. The average Bonchev–Trinajstić information content (AvgIpc) is 3.59. The molecule has 2 aromatic carbocycles. The van der Waals surface area contributed by atoms with Gasteiger partial charge in [-0.15, -0.1) is 0 Å². The van der Waals surface area contributed by atoms with Gasteiger partial charge in [0.1, 0.15) is 5.69 Å². The van der Waals surface area contributed by atoms with Crippen LogP contribution in [0.5, 0.6) is 0 Å². The van der Waals surface area contributed by atoms with Gasteiger partial charge in [-0.1, -0.05) is 12.1 Å². The molecule has 1 saturated heterocycles. The van der Waals surface area contributed by atoms with Crippen LogP contribution in [0.4, 0.5) is 34.9 Å². The highest BCUT2D eigenvalue weighted by atomic mass is 19.4. The van der Waals surface area contributed by atoms with Gasteiger partial charge in [0.2, 0.25) is 5.95 Å². The van der Waals surface area contributed by atoms with Crippen LogP contribution in [0.2, 0.25) is 0 Å². The van der Waals surface area contributed by atoms with Crippen LogP contribution in [0.25, 0.3) is 11.3 Å². The molecule has 2 fully saturated rings. The van der Waals surface area contributed by atoms with Crippen LogP contribution >= 0.6 is 0 Å². The van der Waals surface area contributed by atoms with Gasteiger partial charge in [0.05, 0.1) is 23.0 Å². The van der Waals surface area contributed by atoms with Gasteiger partial charge in [-0.25, -0.2) is 14.4 Å². The lowest BCUT2D eigenvalue weighted by Crippen LogP contribution is -2.44. The molecule has 0 atom stereocenters. The van der Waals surface area contributed by atoms with Gasteiger partial charge < -0.3 is 20.4 Å². The Morgan fingerprint density at radius 3 is 2.51 bits per heavy atom. The standard InChI is InChI=1S/C26H24F4N6O/c1-35-8-10-36(11-9-35)16-3-5-19(26(28,29)30)21(13-16)32-24-31-14-20(27)22(33-24)15-2-4-18-17(12-15)23(37)34-25(18)6-7-25/h2-5,12-14H,6-11H2,1H3,(H,34,37)(H,31,32,33). The van der Waals surface area contributed by atoms with Crippen molar-refractivity contribution in [2.24, 2.45) is 0 Å². The second-order valence-corrected chi connectivity index (χ2v) is 9.83. The maximum Gasteiger partial charge on any atom is 0.418 e. The number of hydrogen-bond donors (Lipinski definition) is 2. The van der Waals surface area contributed by atoms with Crippen molar-refractivity contribution in [1.29, 1.82) is 0 Å². The average molecular weight is 513 g/mol. The van der Waals surface area contributed by atoms with E-state index >= 15 is 0 Å². The van der Waals surface area contributed by atoms with Crippen molar-refractivity contribution < 1.29 is 22.4 Å². The maximum atomic E-state index is 14.8. The van der Waals surface area contributed by atoms with Crippen LogP contribution < -0.4 is 15.5 Å². The number of nitrogens with zero attached hydrogens (tertiary/aromatic N) is 4. The van der Waals surface area contributed by atoms with Crippen molar-refractivity contribution in [1.82, 2.24) is 20.2 Å². The Bertz CT molecular complexity index is 1400. The summed E-state index contributed by atoms with van der Waals surface area (Å²) in [5.74, 6) is -1.15. The van der Waals surface area contributed by atoms with E-state index < -0.39 is 17.6 Å². The number of amides is 1. The summed E-state index contributed by atoms with van der Waals surface area (Å²) in [5.41, 5.74) is 0.820. The minimum Gasteiger partial charge on any atom is -0.369 e. The number of rotatable bonds is 4. The number of aromatic nitrogens is 2. The van der Waals surface area contributed by atoms with E-state index in [4.69, 9.17) is 0 Å². The zero-order chi connectivity index (χ0) is 25.9. The van der Waals surface area contributed by atoms with E-state index in [0.29, 0.717) is 29.9 Å². The molecule has 0 bridgehead atoms. The first-order valence-corrected chi connectivity index (χ1v) is 12.0. The summed E-state index contributed by atoms with van der Waals surface area (Å²) in [7, 11) is 2.00. The molecule has 1 aliphatic carbocycles. The van der Waals surface area contributed by atoms with Crippen LogP contribution in [-0.4, -0.2) is 54.0 Å². The number of fused-ring (bicyclic) bond motifs is 2. The normalized spacial score (nSPS) is 18.6. The lowest BCUT2D eigenvalue weighted by molar-refractivity contribution is -0.136. The zero-order valence-electron chi connectivity index (χ0n) is 20.0. The van der Waals surface area contributed by atoms with Gasteiger partial charge in [-0.3, -0.25) is 4.79 Å². The Morgan fingerprint density at radius 1 is 1.05 bits per heavy atom. The molecule has 6 rings (SSSR count). The number of halogens is 4. The molecule has 3 aromatic rings. The highest BCUT2D eigenvalue weighted by molar-refractivity contribution is 6.01. The molecule has 1 spiro atoms. The fourth-order valence-corrected chi connectivity index (χ4v) is 5.06. The Labute approximate surface area is 210 Å². The van der Waals surface area contributed by atoms with Crippen LogP contribution in [0.15, 0.2) is 42.6 Å². The molecule has 0 unspecified atom stereocenters. The van der Waals surface area contributed by atoms with Gasteiger partial charge in [0.25, 0.3) is 5.91 Å². The van der Waals surface area contributed by atoms with Crippen LogP contribution in [-0.2, 0) is 11.7 Å². The molecule has 1 aromatic heterocycles. The molecule has 11 heteroatoms. The number of hydrogen-bond acceptors (Lipinski definition) is 6. The molecule has 1 saturated carbocycles. The summed E-state index contributed by atoms with van der Waals surface area (Å²) in [6.45, 7) is 2.97. The number of benzene rings is 2. The minimum absolute atomic E-state index is 0.103. The lowest BCUT2D eigenvalue weighted by Gasteiger charge is -2.34. The summed E-state index contributed by atoms with van der Waals surface area (Å²) in [6.07, 6.45) is -1.98. The molecule has 3 heterocycles. The van der Waals surface area contributed by atoms with E-state index in [-0.39, 0.29) is 28.8 Å². The highest BCUT2D eigenvalue weighted by Gasteiger charge is 2.52. The number of nitrogens with one attached hydrogen (secondary N) is 2. The van der Waals surface area contributed by atoms with E-state index in [0.717, 1.165) is 43.8 Å². The Kier molecular flexibility index (Phi) is 5.37. The van der Waals surface area contributed by atoms with Crippen molar-refractivity contribution in [3.63, 3.8) is 0 Å². The Balaban J connectivity index is 1.34. The predicted molar refractivity (Wildman–Crippen MR) is 130 cm³/mol. The number of alkyl halides is 3. The molecule has 0 radical (unpaired) electrons. The Morgan fingerprint density at radius 2 is 1.81 bits per heavy atom. The predicted octanol–water partition coefficient (Wildman–Crippen LogP) is 4.53. The first-order chi connectivity index (χ1) is 17.6. The number of likely N-dealkylation sites (N-methyl/N-ethyl adjacent to an activating group) is 1. The van der Waals surface area contributed by atoms with Crippen molar-refractivity contribution in [2.75, 3.05) is 43.4 Å². The smallest absolute Gasteiger partial charge is 0.369 e. The molecule has 2 aliphatic heterocycles. The second-order valence-electron chi connectivity index (χ2n) is 9.83. The molecule has 192 valence electrons. The van der Waals surface area contributed by atoms with E-state index in [1.807, 2.05) is 11.9 Å². The fourth-order valence-electron chi connectivity index (χ4n) is 5.06. The molecular formula is C26H24F4N6O. The highest BCUT2D eigenvalue weighted by Crippen LogP contribution is 2.50. The summed E-state index contributed by atoms with van der Waals surface area (Å²) in [5, 5.41) is 5.63. The first-order valence-electron chi connectivity index (χ1n) is 12.0. The number of piperazine rings is 1. The third-order valence-electron chi connectivity index (χ3n) is 7.32. The minimum atomic E-state index is -4.61. The fraction of sp³-hybridized carbons (Fsp3) is 0.346. The van der Waals surface area contributed by atoms with Gasteiger partial charge in [0.15, 0.2) is 5.82 Å². The Hall–Kier alpha value is -3.73. The van der Waals surface area contributed by atoms with E-state index in [9.17, 15) is 22.4 Å². The molecule has 1 amide bonds. The SMILES string of the molecule is CN1CCN(c2ccc(C(F)(F)F)c(Nc3ncc(F)c(-c4ccc5c(c4)C(=O)NC54CC4)n3)c2)CC1. The summed E-state index contributed by atoms with van der Waals surface area (Å²) in [6, 6.07) is 8.94. The van der Waals surface area contributed by atoms with Crippen molar-refractivity contribution in [3.8, 4) is 11.3 Å². The molecule has 2 N–H and O–H groups in total. The van der Waals surface area contributed by atoms with Gasteiger partial charge in [-0.2, -0.15) is 13.2 Å². The van der Waals surface area contributed by atoms with Crippen molar-refractivity contribution in [3.05, 3.63) is 65.1 Å². The van der Waals surface area contributed by atoms with Gasteiger partial charge in [0, 0.05) is 43.0 Å². The van der Waals surface area contributed by atoms with Gasteiger partial charge >= 0.3 is 6.18 Å². The second kappa shape index (κ2) is 8.41. The maximum absolute atomic E-state index is 14.8. The summed E-state index contributed by atoms with van der Waals surface area (Å²) < 4.78 is 56.2. The molecule has 37 heavy (non-hydrogen) atoms. The monoisotopic (exact) mass is 512 g/mol. The third-order valence-corrected chi connectivity index (χ3v) is 7.32. The van der Waals surface area contributed by atoms with Gasteiger partial charge in [-0.05, 0) is 49.7 Å². The van der Waals surface area contributed by atoms with E-state index in [1.54, 1.807) is 18.2 Å². The van der Waals surface area contributed by atoms with E-state index in [2.05, 4.69) is 25.5 Å². The number of carbonyl (C=O) groups excluding carboxylic acids is 1. The largest absolute Gasteiger partial charge is 0.418 e. The quantitative estimate of drug-likeness (QED) is 0.501. The number of carbonyl (C=O) groups is 1. The van der Waals surface area contributed by atoms with Crippen molar-refractivity contribution >= 4 is 23.2 Å². The number of anilines is 3. The van der Waals surface area contributed by atoms with Crippen LogP contribution in [0.3, 0.4) is 0 Å². The topological polar surface area (TPSA) is 73.4 Å². The third kappa shape index (κ3) is 4.26. The zero-order valence-corrected chi connectivity index (χ0v) is 20.0. The van der Waals surface area contributed by atoms with Crippen LogP contribution in [0.1, 0.15) is 34.3 Å². The molecule has 7 nitrogen and oxygen atoms in total. The van der Waals surface area contributed by atoms with Crippen molar-refractivity contribution in [2.45, 2.75) is 24.6 Å². The van der Waals surface area contributed by atoms with E-state index in [1.165, 1.54) is 12.1 Å².